The van der Waals surface area contributed by atoms with Crippen LogP contribution in [0.4, 0.5) is 10.5 Å². The molecule has 0 spiro atoms. The van der Waals surface area contributed by atoms with Gasteiger partial charge in [0.2, 0.25) is 0 Å². The molecule has 0 saturated heterocycles. The van der Waals surface area contributed by atoms with Crippen LogP contribution in [0, 0.1) is 0 Å². The number of halogens is 1. The number of aliphatic carboxylic acids is 1. The summed E-state index contributed by atoms with van der Waals surface area (Å²) in [5.41, 5.74) is -0.0648. The van der Waals surface area contributed by atoms with Gasteiger partial charge in [0, 0.05) is 31.7 Å². The van der Waals surface area contributed by atoms with E-state index in [0.717, 1.165) is 0 Å². The minimum Gasteiger partial charge on any atom is -0.481 e. The molecule has 0 aliphatic carbocycles. The van der Waals surface area contributed by atoms with Crippen molar-refractivity contribution < 1.29 is 19.5 Å². The number of carboxylic acid groups (broad SMARTS) is 1. The molecule has 0 radical (unpaired) electrons. The van der Waals surface area contributed by atoms with Gasteiger partial charge in [-0.15, -0.1) is 0 Å². The number of rotatable bonds is 6. The molecule has 24 heavy (non-hydrogen) atoms. The summed E-state index contributed by atoms with van der Waals surface area (Å²) in [7, 11) is 3.20. The number of nitrogens with one attached hydrogen (secondary N) is 2. The summed E-state index contributed by atoms with van der Waals surface area (Å²) in [6, 6.07) is 4.26. The van der Waals surface area contributed by atoms with Gasteiger partial charge in [0.15, 0.2) is 0 Å². The van der Waals surface area contributed by atoms with Crippen molar-refractivity contribution in [1.82, 2.24) is 10.2 Å². The number of hydrogen-bond donors (Lipinski definition) is 3. The van der Waals surface area contributed by atoms with E-state index in [1.54, 1.807) is 34.0 Å². The third-order valence-corrected chi connectivity index (χ3v) is 3.61. The molecule has 132 valence electrons. The Morgan fingerprint density at radius 2 is 1.88 bits per heavy atom. The van der Waals surface area contributed by atoms with Crippen LogP contribution in [0.1, 0.15) is 37.0 Å². The van der Waals surface area contributed by atoms with Gasteiger partial charge < -0.3 is 20.6 Å². The first kappa shape index (κ1) is 19.8. The highest BCUT2D eigenvalue weighted by atomic mass is 35.5. The van der Waals surface area contributed by atoms with E-state index in [-0.39, 0.29) is 29.5 Å². The third-order valence-electron chi connectivity index (χ3n) is 3.28. The van der Waals surface area contributed by atoms with E-state index in [1.807, 2.05) is 0 Å². The minimum absolute atomic E-state index is 0.0556. The first-order chi connectivity index (χ1) is 11.0. The standard InChI is InChI=1S/C16H22ClN3O4/c1-16(2,8-7-13(21)22)19-14(23)11-9-10(5-6-12(11)17)18-15(24)20(3)4/h5-6,9H,7-8H2,1-4H3,(H,18,24)(H,19,23)(H,21,22). The van der Waals surface area contributed by atoms with Crippen molar-refractivity contribution in [2.45, 2.75) is 32.2 Å². The largest absolute Gasteiger partial charge is 0.481 e. The molecular weight excluding hydrogens is 334 g/mol. The van der Waals surface area contributed by atoms with Crippen LogP contribution in [0.2, 0.25) is 5.02 Å². The van der Waals surface area contributed by atoms with E-state index >= 15 is 0 Å². The number of anilines is 1. The van der Waals surface area contributed by atoms with Crippen molar-refractivity contribution in [3.8, 4) is 0 Å². The number of carbonyl (C=O) groups excluding carboxylic acids is 2. The lowest BCUT2D eigenvalue weighted by Gasteiger charge is -2.26. The second-order valence-corrected chi connectivity index (χ2v) is 6.66. The maximum absolute atomic E-state index is 12.4. The Labute approximate surface area is 146 Å². The van der Waals surface area contributed by atoms with Crippen molar-refractivity contribution >= 4 is 35.2 Å². The fourth-order valence-electron chi connectivity index (χ4n) is 1.87. The van der Waals surface area contributed by atoms with Crippen molar-refractivity contribution in [3.63, 3.8) is 0 Å². The van der Waals surface area contributed by atoms with Crippen LogP contribution in [0.5, 0.6) is 0 Å². The van der Waals surface area contributed by atoms with E-state index in [0.29, 0.717) is 5.69 Å². The number of amides is 3. The Balaban J connectivity index is 2.90. The average molecular weight is 356 g/mol. The number of benzene rings is 1. The van der Waals surface area contributed by atoms with Crippen LogP contribution in [0.3, 0.4) is 0 Å². The summed E-state index contributed by atoms with van der Waals surface area (Å²) in [6.07, 6.45) is 0.225. The van der Waals surface area contributed by atoms with Crippen LogP contribution in [-0.4, -0.2) is 47.5 Å². The first-order valence-corrected chi connectivity index (χ1v) is 7.72. The molecule has 0 aliphatic rings. The summed E-state index contributed by atoms with van der Waals surface area (Å²) in [6.45, 7) is 3.47. The molecule has 3 N–H and O–H groups in total. The molecule has 7 nitrogen and oxygen atoms in total. The van der Waals surface area contributed by atoms with Gasteiger partial charge >= 0.3 is 12.0 Å². The van der Waals surface area contributed by atoms with Crippen molar-refractivity contribution in [2.75, 3.05) is 19.4 Å². The molecule has 1 aromatic rings. The SMILES string of the molecule is CN(C)C(=O)Nc1ccc(Cl)c(C(=O)NC(C)(C)CCC(=O)O)c1. The lowest BCUT2D eigenvalue weighted by atomic mass is 9.97. The normalized spacial score (nSPS) is 10.9. The molecule has 0 saturated carbocycles. The smallest absolute Gasteiger partial charge is 0.321 e. The Kier molecular flexibility index (Phi) is 6.60. The van der Waals surface area contributed by atoms with Crippen LogP contribution in [0.25, 0.3) is 0 Å². The van der Waals surface area contributed by atoms with E-state index in [4.69, 9.17) is 16.7 Å². The summed E-state index contributed by atoms with van der Waals surface area (Å²) in [4.78, 5) is 36.2. The van der Waals surface area contributed by atoms with Gasteiger partial charge in [0.25, 0.3) is 5.91 Å². The molecule has 0 atom stereocenters. The molecule has 1 rings (SSSR count). The monoisotopic (exact) mass is 355 g/mol. The molecule has 0 bridgehead atoms. The number of carbonyl (C=O) groups is 3. The van der Waals surface area contributed by atoms with Crippen LogP contribution in [-0.2, 0) is 4.79 Å². The zero-order chi connectivity index (χ0) is 18.5. The molecule has 0 unspecified atom stereocenters. The number of hydrogen-bond acceptors (Lipinski definition) is 3. The van der Waals surface area contributed by atoms with Crippen molar-refractivity contribution in [3.05, 3.63) is 28.8 Å². The van der Waals surface area contributed by atoms with Gasteiger partial charge in [0.05, 0.1) is 10.6 Å². The van der Waals surface area contributed by atoms with Crippen LogP contribution >= 0.6 is 11.6 Å². The molecule has 3 amide bonds. The lowest BCUT2D eigenvalue weighted by Crippen LogP contribution is -2.43. The number of nitrogens with zero attached hydrogens (tertiary/aromatic N) is 1. The highest BCUT2D eigenvalue weighted by Gasteiger charge is 2.23. The number of carboxylic acids is 1. The Morgan fingerprint density at radius 3 is 2.42 bits per heavy atom. The predicted molar refractivity (Wildman–Crippen MR) is 92.6 cm³/mol. The highest BCUT2D eigenvalue weighted by Crippen LogP contribution is 2.22. The summed E-state index contributed by atoms with van der Waals surface area (Å²) in [5.74, 6) is -1.36. The number of urea groups is 1. The van der Waals surface area contributed by atoms with Crippen molar-refractivity contribution in [2.24, 2.45) is 0 Å². The summed E-state index contributed by atoms with van der Waals surface area (Å²) >= 11 is 6.07. The van der Waals surface area contributed by atoms with Gasteiger partial charge in [0.1, 0.15) is 0 Å². The van der Waals surface area contributed by atoms with Gasteiger partial charge in [-0.2, -0.15) is 0 Å². The summed E-state index contributed by atoms with van der Waals surface area (Å²) in [5, 5.41) is 14.4. The molecule has 0 aromatic heterocycles. The maximum Gasteiger partial charge on any atom is 0.321 e. The lowest BCUT2D eigenvalue weighted by molar-refractivity contribution is -0.137. The first-order valence-electron chi connectivity index (χ1n) is 7.34. The zero-order valence-corrected chi connectivity index (χ0v) is 14.9. The van der Waals surface area contributed by atoms with E-state index in [9.17, 15) is 14.4 Å². The second kappa shape index (κ2) is 8.01. The van der Waals surface area contributed by atoms with Gasteiger partial charge in [-0.25, -0.2) is 4.79 Å². The molecule has 0 fully saturated rings. The Morgan fingerprint density at radius 1 is 1.25 bits per heavy atom. The molecule has 0 aliphatic heterocycles. The molecule has 0 heterocycles. The van der Waals surface area contributed by atoms with Crippen molar-refractivity contribution in [1.29, 1.82) is 0 Å². The fourth-order valence-corrected chi connectivity index (χ4v) is 2.07. The van der Waals surface area contributed by atoms with E-state index in [2.05, 4.69) is 10.6 Å². The zero-order valence-electron chi connectivity index (χ0n) is 14.1. The van der Waals surface area contributed by atoms with E-state index < -0.39 is 17.4 Å². The Bertz CT molecular complexity index is 644. The quantitative estimate of drug-likeness (QED) is 0.730. The second-order valence-electron chi connectivity index (χ2n) is 6.25. The molecule has 8 heteroatoms. The predicted octanol–water partition coefficient (Wildman–Crippen LogP) is 2.81. The van der Waals surface area contributed by atoms with Gasteiger partial charge in [-0.3, -0.25) is 9.59 Å². The average Bonchev–Trinajstić information content (AvgIpc) is 2.46. The Hall–Kier alpha value is -2.28. The van der Waals surface area contributed by atoms with Gasteiger partial charge in [-0.1, -0.05) is 11.6 Å². The topological polar surface area (TPSA) is 98.7 Å². The molecule has 1 aromatic carbocycles. The van der Waals surface area contributed by atoms with Gasteiger partial charge in [-0.05, 0) is 38.5 Å². The van der Waals surface area contributed by atoms with Crippen LogP contribution < -0.4 is 10.6 Å². The fraction of sp³-hybridized carbons (Fsp3) is 0.438. The summed E-state index contributed by atoms with van der Waals surface area (Å²) < 4.78 is 0. The van der Waals surface area contributed by atoms with Crippen LogP contribution in [0.15, 0.2) is 18.2 Å². The minimum atomic E-state index is -0.927. The third kappa shape index (κ3) is 6.08. The highest BCUT2D eigenvalue weighted by molar-refractivity contribution is 6.34. The molecular formula is C16H22ClN3O4. The maximum atomic E-state index is 12.4. The van der Waals surface area contributed by atoms with E-state index in [1.165, 1.54) is 17.0 Å².